The van der Waals surface area contributed by atoms with E-state index in [1.165, 1.54) is 4.57 Å². The van der Waals surface area contributed by atoms with Crippen LogP contribution >= 0.6 is 11.6 Å². The van der Waals surface area contributed by atoms with Gasteiger partial charge >= 0.3 is 5.69 Å². The van der Waals surface area contributed by atoms with Gasteiger partial charge in [0.1, 0.15) is 11.5 Å². The van der Waals surface area contributed by atoms with Crippen LogP contribution in [0.2, 0.25) is 5.02 Å². The number of rotatable bonds is 7. The Bertz CT molecular complexity index is 1330. The van der Waals surface area contributed by atoms with Gasteiger partial charge in [-0.15, -0.1) is 0 Å². The van der Waals surface area contributed by atoms with Crippen molar-refractivity contribution in [3.63, 3.8) is 0 Å². The largest absolute Gasteiger partial charge is 0.439 e. The predicted molar refractivity (Wildman–Crippen MR) is 125 cm³/mol. The number of nitrogens with two attached hydrogens (primary N) is 1. The number of aromatic nitrogens is 3. The third kappa shape index (κ3) is 4.45. The molecule has 2 aromatic heterocycles. The van der Waals surface area contributed by atoms with Gasteiger partial charge in [-0.2, -0.15) is 0 Å². The first-order valence-electron chi connectivity index (χ1n) is 10.1. The zero-order valence-electron chi connectivity index (χ0n) is 17.4. The van der Waals surface area contributed by atoms with E-state index in [9.17, 15) is 9.59 Å². The maximum absolute atomic E-state index is 12.7. The van der Waals surface area contributed by atoms with Crippen molar-refractivity contribution in [3.05, 3.63) is 98.1 Å². The SMILES string of the molecule is CCN(Cc1ncc(-c2ccc(Cl)cc2)o1)c1c(N)n(Cc2ccccc2)c(=O)[nH]c1=O. The van der Waals surface area contributed by atoms with Crippen LogP contribution in [0.3, 0.4) is 0 Å². The summed E-state index contributed by atoms with van der Waals surface area (Å²) in [5.41, 5.74) is 7.13. The highest BCUT2D eigenvalue weighted by Gasteiger charge is 2.20. The van der Waals surface area contributed by atoms with Crippen molar-refractivity contribution >= 4 is 23.1 Å². The fraction of sp³-hybridized carbons (Fsp3) is 0.174. The minimum absolute atomic E-state index is 0.0916. The Morgan fingerprint density at radius 3 is 2.53 bits per heavy atom. The highest BCUT2D eigenvalue weighted by atomic mass is 35.5. The monoisotopic (exact) mass is 451 g/mol. The van der Waals surface area contributed by atoms with E-state index in [4.69, 9.17) is 21.8 Å². The Hall–Kier alpha value is -3.78. The van der Waals surface area contributed by atoms with Crippen LogP contribution in [0.4, 0.5) is 11.5 Å². The summed E-state index contributed by atoms with van der Waals surface area (Å²) in [6.45, 7) is 2.79. The third-order valence-electron chi connectivity index (χ3n) is 5.10. The van der Waals surface area contributed by atoms with E-state index >= 15 is 0 Å². The molecular formula is C23H22ClN5O3. The number of aromatic amines is 1. The summed E-state index contributed by atoms with van der Waals surface area (Å²) >= 11 is 5.94. The highest BCUT2D eigenvalue weighted by Crippen LogP contribution is 2.24. The molecule has 0 amide bonds. The van der Waals surface area contributed by atoms with Gasteiger partial charge in [0.25, 0.3) is 5.56 Å². The number of oxazole rings is 1. The second-order valence-electron chi connectivity index (χ2n) is 7.20. The molecule has 0 saturated heterocycles. The van der Waals surface area contributed by atoms with Crippen molar-refractivity contribution in [2.45, 2.75) is 20.0 Å². The summed E-state index contributed by atoms with van der Waals surface area (Å²) in [5, 5.41) is 0.631. The van der Waals surface area contributed by atoms with Crippen LogP contribution in [0.1, 0.15) is 18.4 Å². The number of hydrogen-bond acceptors (Lipinski definition) is 6. The van der Waals surface area contributed by atoms with Crippen molar-refractivity contribution in [3.8, 4) is 11.3 Å². The number of hydrogen-bond donors (Lipinski definition) is 2. The average molecular weight is 452 g/mol. The van der Waals surface area contributed by atoms with E-state index in [-0.39, 0.29) is 24.6 Å². The highest BCUT2D eigenvalue weighted by molar-refractivity contribution is 6.30. The molecule has 0 atom stereocenters. The molecule has 4 rings (SSSR count). The van der Waals surface area contributed by atoms with Crippen molar-refractivity contribution in [2.75, 3.05) is 17.2 Å². The smallest absolute Gasteiger partial charge is 0.330 e. The fourth-order valence-electron chi connectivity index (χ4n) is 3.45. The number of nitrogen functional groups attached to an aromatic ring is 1. The van der Waals surface area contributed by atoms with Gasteiger partial charge in [-0.3, -0.25) is 14.3 Å². The van der Waals surface area contributed by atoms with Gasteiger partial charge in [0.2, 0.25) is 5.89 Å². The van der Waals surface area contributed by atoms with Crippen LogP contribution in [-0.2, 0) is 13.1 Å². The average Bonchev–Trinajstić information content (AvgIpc) is 3.25. The lowest BCUT2D eigenvalue weighted by Gasteiger charge is -2.23. The Morgan fingerprint density at radius 1 is 1.12 bits per heavy atom. The molecule has 0 spiro atoms. The quantitative estimate of drug-likeness (QED) is 0.445. The number of nitrogens with one attached hydrogen (secondary N) is 1. The summed E-state index contributed by atoms with van der Waals surface area (Å²) in [7, 11) is 0. The molecular weight excluding hydrogens is 430 g/mol. The molecule has 0 aliphatic rings. The van der Waals surface area contributed by atoms with Crippen LogP contribution in [0.5, 0.6) is 0 Å². The molecule has 9 heteroatoms. The van der Waals surface area contributed by atoms with Crippen molar-refractivity contribution in [1.29, 1.82) is 0 Å². The molecule has 2 aromatic carbocycles. The molecule has 0 aliphatic heterocycles. The maximum atomic E-state index is 12.7. The molecule has 2 heterocycles. The van der Waals surface area contributed by atoms with Gasteiger partial charge < -0.3 is 15.1 Å². The molecule has 0 unspecified atom stereocenters. The number of nitrogens with zero attached hydrogens (tertiary/aromatic N) is 3. The van der Waals surface area contributed by atoms with E-state index < -0.39 is 11.2 Å². The second kappa shape index (κ2) is 9.15. The first-order chi connectivity index (χ1) is 15.5. The molecule has 0 radical (unpaired) electrons. The molecule has 0 bridgehead atoms. The standard InChI is InChI=1S/C23H22ClN5O3/c1-2-28(14-19-26-12-18(32-19)16-8-10-17(24)11-9-16)20-21(25)29(23(31)27-22(20)30)13-15-6-4-3-5-7-15/h3-12H,2,13-14,25H2,1H3,(H,27,30,31). The normalized spacial score (nSPS) is 10.9. The van der Waals surface area contributed by atoms with Gasteiger partial charge in [-0.1, -0.05) is 41.9 Å². The fourth-order valence-corrected chi connectivity index (χ4v) is 3.58. The van der Waals surface area contributed by atoms with E-state index in [0.29, 0.717) is 23.2 Å². The number of halogens is 1. The van der Waals surface area contributed by atoms with E-state index in [1.54, 1.807) is 23.2 Å². The van der Waals surface area contributed by atoms with Crippen LogP contribution < -0.4 is 21.9 Å². The summed E-state index contributed by atoms with van der Waals surface area (Å²) < 4.78 is 7.23. The van der Waals surface area contributed by atoms with Crippen LogP contribution in [0.25, 0.3) is 11.3 Å². The molecule has 0 saturated carbocycles. The first-order valence-corrected chi connectivity index (χ1v) is 10.5. The summed E-state index contributed by atoms with van der Waals surface area (Å²) in [6, 6.07) is 16.6. The Kier molecular flexibility index (Phi) is 6.13. The predicted octanol–water partition coefficient (Wildman–Crippen LogP) is 3.50. The van der Waals surface area contributed by atoms with Crippen LogP contribution in [0.15, 0.2) is 74.8 Å². The summed E-state index contributed by atoms with van der Waals surface area (Å²) in [5.74, 6) is 1.09. The Labute approximate surface area is 188 Å². The van der Waals surface area contributed by atoms with E-state index in [0.717, 1.165) is 11.1 Å². The molecule has 0 fully saturated rings. The molecule has 32 heavy (non-hydrogen) atoms. The third-order valence-corrected chi connectivity index (χ3v) is 5.36. The zero-order valence-corrected chi connectivity index (χ0v) is 18.2. The van der Waals surface area contributed by atoms with Crippen molar-refractivity contribution in [1.82, 2.24) is 14.5 Å². The second-order valence-corrected chi connectivity index (χ2v) is 7.64. The maximum Gasteiger partial charge on any atom is 0.330 e. The molecule has 8 nitrogen and oxygen atoms in total. The number of anilines is 2. The van der Waals surface area contributed by atoms with Crippen LogP contribution in [-0.4, -0.2) is 21.1 Å². The van der Waals surface area contributed by atoms with Gasteiger partial charge in [0.05, 0.1) is 19.3 Å². The van der Waals surface area contributed by atoms with Crippen molar-refractivity contribution in [2.24, 2.45) is 0 Å². The summed E-state index contributed by atoms with van der Waals surface area (Å²) in [4.78, 5) is 33.5. The van der Waals surface area contributed by atoms with Gasteiger partial charge in [0.15, 0.2) is 5.76 Å². The minimum Gasteiger partial charge on any atom is -0.439 e. The van der Waals surface area contributed by atoms with Crippen LogP contribution in [0, 0.1) is 0 Å². The van der Waals surface area contributed by atoms with Gasteiger partial charge in [0, 0.05) is 17.1 Å². The lowest BCUT2D eigenvalue weighted by molar-refractivity contribution is 0.499. The summed E-state index contributed by atoms with van der Waals surface area (Å²) in [6.07, 6.45) is 1.62. The number of H-pyrrole nitrogens is 1. The minimum atomic E-state index is -0.558. The van der Waals surface area contributed by atoms with Gasteiger partial charge in [-0.25, -0.2) is 9.78 Å². The number of benzene rings is 2. The lowest BCUT2D eigenvalue weighted by Crippen LogP contribution is -2.38. The Balaban J connectivity index is 1.64. The molecule has 4 aromatic rings. The first kappa shape index (κ1) is 21.5. The Morgan fingerprint density at radius 2 is 1.84 bits per heavy atom. The molecule has 3 N–H and O–H groups in total. The van der Waals surface area contributed by atoms with E-state index in [2.05, 4.69) is 9.97 Å². The lowest BCUT2D eigenvalue weighted by atomic mass is 10.2. The van der Waals surface area contributed by atoms with E-state index in [1.807, 2.05) is 49.4 Å². The molecule has 164 valence electrons. The van der Waals surface area contributed by atoms with Gasteiger partial charge in [-0.05, 0) is 36.8 Å². The topological polar surface area (TPSA) is 110 Å². The zero-order chi connectivity index (χ0) is 22.7. The van der Waals surface area contributed by atoms with Crippen molar-refractivity contribution < 1.29 is 4.42 Å². The molecule has 0 aliphatic carbocycles.